The van der Waals surface area contributed by atoms with E-state index < -0.39 is 16.1 Å². The van der Waals surface area contributed by atoms with Crippen LogP contribution in [0.25, 0.3) is 0 Å². The fraction of sp³-hybridized carbons (Fsp3) is 0.632. The zero-order valence-electron chi connectivity index (χ0n) is 16.1. The first kappa shape index (κ1) is 20.1. The topological polar surface area (TPSA) is 87.7 Å². The highest BCUT2D eigenvalue weighted by atomic mass is 32.2. The van der Waals surface area contributed by atoms with E-state index in [2.05, 4.69) is 14.9 Å². The minimum absolute atomic E-state index is 0.0878. The highest BCUT2D eigenvalue weighted by molar-refractivity contribution is 7.89. The maximum absolute atomic E-state index is 12.8. The van der Waals surface area contributed by atoms with Crippen molar-refractivity contribution in [3.8, 4) is 5.75 Å². The summed E-state index contributed by atoms with van der Waals surface area (Å²) in [6.07, 6.45) is 3.41. The van der Waals surface area contributed by atoms with Crippen molar-refractivity contribution in [3.05, 3.63) is 24.3 Å². The van der Waals surface area contributed by atoms with Crippen molar-refractivity contribution in [2.75, 3.05) is 20.2 Å². The van der Waals surface area contributed by atoms with Crippen LogP contribution < -0.4 is 14.8 Å². The molecule has 0 aromatic heterocycles. The SMILES string of the molecule is COc1ccc(S(=O)(=O)N[C@H](C(=O)NC2CCN(C3CC3)C2)C(C)C)cc1. The fourth-order valence-electron chi connectivity index (χ4n) is 3.45. The van der Waals surface area contributed by atoms with Gasteiger partial charge in [0.2, 0.25) is 15.9 Å². The van der Waals surface area contributed by atoms with E-state index in [1.54, 1.807) is 12.1 Å². The summed E-state index contributed by atoms with van der Waals surface area (Å²) in [5, 5.41) is 3.04. The number of nitrogens with zero attached hydrogens (tertiary/aromatic N) is 1. The van der Waals surface area contributed by atoms with Crippen molar-refractivity contribution >= 4 is 15.9 Å². The molecule has 1 saturated carbocycles. The van der Waals surface area contributed by atoms with Crippen LogP contribution in [0.5, 0.6) is 5.75 Å². The van der Waals surface area contributed by atoms with Gasteiger partial charge in [0.25, 0.3) is 0 Å². The summed E-state index contributed by atoms with van der Waals surface area (Å²) in [7, 11) is -2.28. The predicted octanol–water partition coefficient (Wildman–Crippen LogP) is 1.35. The van der Waals surface area contributed by atoms with Gasteiger partial charge in [0.15, 0.2) is 0 Å². The third-order valence-electron chi connectivity index (χ3n) is 5.23. The third kappa shape index (κ3) is 5.00. The second kappa shape index (κ2) is 8.16. The van der Waals surface area contributed by atoms with Crippen LogP contribution in [0.15, 0.2) is 29.2 Å². The number of amides is 1. The Bertz CT molecular complexity index is 760. The number of ether oxygens (including phenoxy) is 1. The lowest BCUT2D eigenvalue weighted by Gasteiger charge is -2.24. The highest BCUT2D eigenvalue weighted by Gasteiger charge is 2.36. The van der Waals surface area contributed by atoms with Crippen LogP contribution in [0.1, 0.15) is 33.1 Å². The molecule has 3 rings (SSSR count). The maximum atomic E-state index is 12.8. The van der Waals surface area contributed by atoms with Crippen molar-refractivity contribution in [2.45, 2.75) is 56.1 Å². The zero-order valence-corrected chi connectivity index (χ0v) is 17.0. The van der Waals surface area contributed by atoms with Crippen LogP contribution >= 0.6 is 0 Å². The molecule has 1 aromatic rings. The van der Waals surface area contributed by atoms with Gasteiger partial charge in [-0.15, -0.1) is 0 Å². The molecule has 1 saturated heterocycles. The number of hydrogen-bond donors (Lipinski definition) is 2. The number of rotatable bonds is 8. The van der Waals surface area contributed by atoms with Crippen LogP contribution in [0.4, 0.5) is 0 Å². The molecule has 0 bridgehead atoms. The van der Waals surface area contributed by atoms with E-state index in [1.165, 1.54) is 32.1 Å². The van der Waals surface area contributed by atoms with Crippen LogP contribution in [-0.2, 0) is 14.8 Å². The van der Waals surface area contributed by atoms with Crippen molar-refractivity contribution < 1.29 is 17.9 Å². The Morgan fingerprint density at radius 3 is 2.41 bits per heavy atom. The minimum atomic E-state index is -3.80. The van der Waals surface area contributed by atoms with Gasteiger partial charge < -0.3 is 10.1 Å². The molecule has 1 aliphatic heterocycles. The molecule has 0 radical (unpaired) electrons. The minimum Gasteiger partial charge on any atom is -0.497 e. The number of likely N-dealkylation sites (tertiary alicyclic amines) is 1. The lowest BCUT2D eigenvalue weighted by molar-refractivity contribution is -0.124. The Balaban J connectivity index is 1.64. The van der Waals surface area contributed by atoms with Gasteiger partial charge in [0, 0.05) is 25.2 Å². The molecule has 2 atom stereocenters. The van der Waals surface area contributed by atoms with Gasteiger partial charge in [0.1, 0.15) is 11.8 Å². The molecule has 1 heterocycles. The van der Waals surface area contributed by atoms with Gasteiger partial charge in [-0.1, -0.05) is 13.8 Å². The van der Waals surface area contributed by atoms with Crippen LogP contribution in [0, 0.1) is 5.92 Å². The van der Waals surface area contributed by atoms with Crippen molar-refractivity contribution in [1.29, 1.82) is 0 Å². The summed E-state index contributed by atoms with van der Waals surface area (Å²) >= 11 is 0. The van der Waals surface area contributed by atoms with Gasteiger partial charge in [-0.2, -0.15) is 4.72 Å². The first-order valence-electron chi connectivity index (χ1n) is 9.51. The van der Waals surface area contributed by atoms with E-state index in [0.29, 0.717) is 11.8 Å². The predicted molar refractivity (Wildman–Crippen MR) is 103 cm³/mol. The number of carbonyl (C=O) groups excluding carboxylic acids is 1. The summed E-state index contributed by atoms with van der Waals surface area (Å²) in [6, 6.07) is 6.08. The number of methoxy groups -OCH3 is 1. The number of hydrogen-bond acceptors (Lipinski definition) is 5. The first-order chi connectivity index (χ1) is 12.8. The number of carbonyl (C=O) groups is 1. The molecule has 8 heteroatoms. The second-order valence-electron chi connectivity index (χ2n) is 7.74. The molecule has 1 amide bonds. The maximum Gasteiger partial charge on any atom is 0.241 e. The van der Waals surface area contributed by atoms with E-state index in [0.717, 1.165) is 19.5 Å². The summed E-state index contributed by atoms with van der Waals surface area (Å²) in [5.41, 5.74) is 0. The summed E-state index contributed by atoms with van der Waals surface area (Å²) in [6.45, 7) is 5.53. The Labute approximate surface area is 161 Å². The molecular formula is C19H29N3O4S. The Hall–Kier alpha value is -1.64. The monoisotopic (exact) mass is 395 g/mol. The Kier molecular flexibility index (Phi) is 6.08. The van der Waals surface area contributed by atoms with Crippen LogP contribution in [-0.4, -0.2) is 57.5 Å². The van der Waals surface area contributed by atoms with E-state index in [1.807, 2.05) is 13.8 Å². The molecular weight excluding hydrogens is 366 g/mol. The molecule has 0 spiro atoms. The molecule has 150 valence electrons. The normalized spacial score (nSPS) is 22.0. The van der Waals surface area contributed by atoms with Gasteiger partial charge in [-0.05, 0) is 49.4 Å². The van der Waals surface area contributed by atoms with Gasteiger partial charge in [-0.25, -0.2) is 8.42 Å². The summed E-state index contributed by atoms with van der Waals surface area (Å²) in [5.74, 6) is 0.150. The molecule has 1 aromatic carbocycles. The first-order valence-corrected chi connectivity index (χ1v) is 11.0. The molecule has 7 nitrogen and oxygen atoms in total. The molecule has 2 aliphatic rings. The Morgan fingerprint density at radius 2 is 1.85 bits per heavy atom. The number of sulfonamides is 1. The van der Waals surface area contributed by atoms with E-state index in [9.17, 15) is 13.2 Å². The quantitative estimate of drug-likeness (QED) is 0.694. The van der Waals surface area contributed by atoms with Crippen molar-refractivity contribution in [2.24, 2.45) is 5.92 Å². The standard InChI is InChI=1S/C19H29N3O4S/c1-13(2)18(19(23)20-14-10-11-22(12-14)15-4-5-15)21-27(24,25)17-8-6-16(26-3)7-9-17/h6-9,13-15,18,21H,4-5,10-12H2,1-3H3,(H,20,23)/t14?,18-/m0/s1. The lowest BCUT2D eigenvalue weighted by atomic mass is 10.0. The van der Waals surface area contributed by atoms with E-state index in [4.69, 9.17) is 4.74 Å². The van der Waals surface area contributed by atoms with Crippen LogP contribution in [0.3, 0.4) is 0 Å². The molecule has 1 aliphatic carbocycles. The third-order valence-corrected chi connectivity index (χ3v) is 6.69. The number of benzene rings is 1. The van der Waals surface area contributed by atoms with Crippen molar-refractivity contribution in [1.82, 2.24) is 14.9 Å². The van der Waals surface area contributed by atoms with Crippen molar-refractivity contribution in [3.63, 3.8) is 0 Å². The highest BCUT2D eigenvalue weighted by Crippen LogP contribution is 2.29. The summed E-state index contributed by atoms with van der Waals surface area (Å²) in [4.78, 5) is 15.3. The smallest absolute Gasteiger partial charge is 0.241 e. The average molecular weight is 396 g/mol. The molecule has 2 fully saturated rings. The average Bonchev–Trinajstić information content (AvgIpc) is 3.39. The molecule has 1 unspecified atom stereocenters. The van der Waals surface area contributed by atoms with Gasteiger partial charge in [-0.3, -0.25) is 9.69 Å². The van der Waals surface area contributed by atoms with E-state index in [-0.39, 0.29) is 22.8 Å². The van der Waals surface area contributed by atoms with E-state index >= 15 is 0 Å². The lowest BCUT2D eigenvalue weighted by Crippen LogP contribution is -2.52. The number of nitrogens with one attached hydrogen (secondary N) is 2. The Morgan fingerprint density at radius 1 is 1.19 bits per heavy atom. The molecule has 27 heavy (non-hydrogen) atoms. The van der Waals surface area contributed by atoms with Gasteiger partial charge >= 0.3 is 0 Å². The molecule has 2 N–H and O–H groups in total. The second-order valence-corrected chi connectivity index (χ2v) is 9.45. The largest absolute Gasteiger partial charge is 0.497 e. The summed E-state index contributed by atoms with van der Waals surface area (Å²) < 4.78 is 33.0. The van der Waals surface area contributed by atoms with Crippen LogP contribution in [0.2, 0.25) is 0 Å². The zero-order chi connectivity index (χ0) is 19.6. The fourth-order valence-corrected chi connectivity index (χ4v) is 4.79. The van der Waals surface area contributed by atoms with Gasteiger partial charge in [0.05, 0.1) is 12.0 Å².